The summed E-state index contributed by atoms with van der Waals surface area (Å²) in [7, 11) is 0. The van der Waals surface area contributed by atoms with Crippen molar-refractivity contribution in [2.45, 2.75) is 76.5 Å². The summed E-state index contributed by atoms with van der Waals surface area (Å²) < 4.78 is 34.4. The molecule has 2 aliphatic heterocycles. The number of hydrogen-bond donors (Lipinski definition) is 1. The molecule has 6 nitrogen and oxygen atoms in total. The van der Waals surface area contributed by atoms with Gasteiger partial charge in [-0.05, 0) is 66.3 Å². The molecule has 36 heavy (non-hydrogen) atoms. The molecule has 1 aromatic carbocycles. The monoisotopic (exact) mass is 491 g/mol. The van der Waals surface area contributed by atoms with E-state index >= 15 is 0 Å². The molecule has 5 heterocycles. The van der Waals surface area contributed by atoms with Crippen molar-refractivity contribution in [2.75, 3.05) is 13.1 Å². The minimum atomic E-state index is -2.48. The molecule has 0 bridgehead atoms. The van der Waals surface area contributed by atoms with Gasteiger partial charge in [0.05, 0.1) is 32.0 Å². The number of pyridine rings is 1. The number of fused-ring (bicyclic) bond motifs is 4. The van der Waals surface area contributed by atoms with Crippen molar-refractivity contribution in [2.24, 2.45) is 0 Å². The van der Waals surface area contributed by atoms with E-state index in [2.05, 4.69) is 53.3 Å². The van der Waals surface area contributed by atoms with Crippen molar-refractivity contribution in [1.82, 2.24) is 24.5 Å². The van der Waals surface area contributed by atoms with Gasteiger partial charge in [-0.2, -0.15) is 5.10 Å². The molecule has 0 spiro atoms. The van der Waals surface area contributed by atoms with Crippen LogP contribution in [0.5, 0.6) is 0 Å². The van der Waals surface area contributed by atoms with Crippen molar-refractivity contribution >= 4 is 16.6 Å². The molecule has 8 heteroatoms. The van der Waals surface area contributed by atoms with Gasteiger partial charge >= 0.3 is 0 Å². The average Bonchev–Trinajstić information content (AvgIpc) is 3.58. The summed E-state index contributed by atoms with van der Waals surface area (Å²) in [5, 5.41) is 5.69. The summed E-state index contributed by atoms with van der Waals surface area (Å²) in [5.74, 6) is -1.67. The number of hydrogen-bond acceptors (Lipinski definition) is 4. The Morgan fingerprint density at radius 3 is 2.61 bits per heavy atom. The number of nitrogens with one attached hydrogen (secondary N) is 1. The number of aromatic nitrogens is 4. The van der Waals surface area contributed by atoms with Crippen molar-refractivity contribution in [3.05, 3.63) is 53.0 Å². The number of rotatable bonds is 4. The molecule has 2 fully saturated rings. The predicted octanol–water partition coefficient (Wildman–Crippen LogP) is 6.01. The van der Waals surface area contributed by atoms with Crippen molar-refractivity contribution in [3.63, 3.8) is 0 Å². The normalized spacial score (nSPS) is 24.0. The zero-order valence-electron chi connectivity index (χ0n) is 20.7. The van der Waals surface area contributed by atoms with E-state index in [1.165, 1.54) is 22.1 Å². The summed E-state index contributed by atoms with van der Waals surface area (Å²) in [5.41, 5.74) is 9.27. The topological polar surface area (TPSA) is 58.5 Å². The Morgan fingerprint density at radius 2 is 1.86 bits per heavy atom. The van der Waals surface area contributed by atoms with Crippen LogP contribution in [-0.4, -0.2) is 49.5 Å². The van der Waals surface area contributed by atoms with E-state index in [4.69, 9.17) is 4.74 Å². The molecule has 0 amide bonds. The highest BCUT2D eigenvalue weighted by atomic mass is 19.3. The summed E-state index contributed by atoms with van der Waals surface area (Å²) in [6.07, 6.45) is 7.78. The molecule has 3 aliphatic rings. The smallest absolute Gasteiger partial charge is 0.272 e. The molecule has 188 valence electrons. The number of benzene rings is 1. The van der Waals surface area contributed by atoms with Crippen LogP contribution in [0.25, 0.3) is 27.8 Å². The van der Waals surface area contributed by atoms with Crippen LogP contribution >= 0.6 is 0 Å². The van der Waals surface area contributed by atoms with E-state index < -0.39 is 5.92 Å². The summed E-state index contributed by atoms with van der Waals surface area (Å²) in [6.45, 7) is 5.51. The second-order valence-electron chi connectivity index (χ2n) is 11.2. The van der Waals surface area contributed by atoms with Crippen LogP contribution in [0, 0.1) is 0 Å². The molecule has 1 saturated carbocycles. The summed E-state index contributed by atoms with van der Waals surface area (Å²) >= 11 is 0. The van der Waals surface area contributed by atoms with Gasteiger partial charge < -0.3 is 9.72 Å². The number of alkyl halides is 2. The Morgan fingerprint density at radius 1 is 1.08 bits per heavy atom. The lowest BCUT2D eigenvalue weighted by Gasteiger charge is -2.46. The fourth-order valence-corrected chi connectivity index (χ4v) is 6.72. The maximum atomic E-state index is 13.3. The zero-order valence-corrected chi connectivity index (χ0v) is 20.7. The average molecular weight is 492 g/mol. The van der Waals surface area contributed by atoms with Gasteiger partial charge in [-0.25, -0.2) is 18.3 Å². The Labute approximate surface area is 208 Å². The molecule has 0 unspecified atom stereocenters. The van der Waals surface area contributed by atoms with Crippen LogP contribution in [0.15, 0.2) is 30.7 Å². The van der Waals surface area contributed by atoms with E-state index in [1.807, 2.05) is 9.42 Å². The minimum Gasteiger partial charge on any atom is -0.372 e. The minimum absolute atomic E-state index is 0.0622. The molecule has 3 aromatic heterocycles. The van der Waals surface area contributed by atoms with E-state index in [0.29, 0.717) is 31.1 Å². The molecular formula is C28H31F2N5O. The molecule has 1 aliphatic carbocycles. The highest BCUT2D eigenvalue weighted by molar-refractivity contribution is 5.93. The molecule has 0 radical (unpaired) electrons. The summed E-state index contributed by atoms with van der Waals surface area (Å²) in [6, 6.07) is 7.15. The number of nitrogens with zero attached hydrogens (tertiary/aromatic N) is 4. The largest absolute Gasteiger partial charge is 0.372 e. The molecule has 1 N–H and O–H groups in total. The molecule has 0 atom stereocenters. The van der Waals surface area contributed by atoms with Crippen LogP contribution in [0.4, 0.5) is 8.78 Å². The molecule has 7 rings (SSSR count). The van der Waals surface area contributed by atoms with Gasteiger partial charge in [-0.15, -0.1) is 0 Å². The predicted molar refractivity (Wildman–Crippen MR) is 134 cm³/mol. The molecule has 1 saturated heterocycles. The van der Waals surface area contributed by atoms with Gasteiger partial charge in [-0.3, -0.25) is 4.90 Å². The number of halogens is 2. The fraction of sp³-hybridized carbons (Fsp3) is 0.500. The third-order valence-electron chi connectivity index (χ3n) is 8.54. The maximum absolute atomic E-state index is 13.3. The highest BCUT2D eigenvalue weighted by Crippen LogP contribution is 2.43. The Hall–Kier alpha value is -2.84. The quantitative estimate of drug-likeness (QED) is 0.380. The number of H-pyrrole nitrogens is 1. The Kier molecular flexibility index (Phi) is 5.02. The number of ether oxygens (including phenoxy) is 1. The SMILES string of the molecule is CC(C)c1c(-c2cn3ncnc3c3c2COC3)[nH]c2ccc(C3CCC(N4CC(F)(F)C4)CC3)cc12. The van der Waals surface area contributed by atoms with Gasteiger partial charge in [0.1, 0.15) is 6.33 Å². The maximum Gasteiger partial charge on any atom is 0.272 e. The van der Waals surface area contributed by atoms with Gasteiger partial charge in [0.2, 0.25) is 0 Å². The zero-order chi connectivity index (χ0) is 24.6. The van der Waals surface area contributed by atoms with Crippen LogP contribution in [0.3, 0.4) is 0 Å². The second-order valence-corrected chi connectivity index (χ2v) is 11.2. The van der Waals surface area contributed by atoms with Crippen LogP contribution < -0.4 is 0 Å². The first-order valence-electron chi connectivity index (χ1n) is 13.1. The van der Waals surface area contributed by atoms with Crippen LogP contribution in [-0.2, 0) is 18.0 Å². The highest BCUT2D eigenvalue weighted by Gasteiger charge is 2.47. The standard InChI is InChI=1S/C28H31F2N5O/c1-16(2)25-20-9-18(17-3-6-19(7-4-17)34-13-28(29,30)14-34)5-8-24(20)33-26(25)21-10-35-27(31-15-32-35)23-12-36-11-22(21)23/h5,8-10,15-17,19,33H,3-4,6-7,11-14H2,1-2H3. The second kappa shape index (κ2) is 8.08. The lowest BCUT2D eigenvalue weighted by Crippen LogP contribution is -2.60. The van der Waals surface area contributed by atoms with E-state index in [-0.39, 0.29) is 13.1 Å². The number of likely N-dealkylation sites (tertiary alicyclic amines) is 1. The van der Waals surface area contributed by atoms with E-state index in [1.54, 1.807) is 6.33 Å². The first-order valence-corrected chi connectivity index (χ1v) is 13.1. The van der Waals surface area contributed by atoms with Gasteiger partial charge in [0, 0.05) is 34.3 Å². The lowest BCUT2D eigenvalue weighted by atomic mass is 9.80. The fourth-order valence-electron chi connectivity index (χ4n) is 6.72. The van der Waals surface area contributed by atoms with E-state index in [9.17, 15) is 8.78 Å². The summed E-state index contributed by atoms with van der Waals surface area (Å²) in [4.78, 5) is 10.1. The molecule has 4 aromatic rings. The lowest BCUT2D eigenvalue weighted by molar-refractivity contribution is -0.150. The molecular weight excluding hydrogens is 460 g/mol. The van der Waals surface area contributed by atoms with Crippen molar-refractivity contribution in [1.29, 1.82) is 0 Å². The van der Waals surface area contributed by atoms with Gasteiger partial charge in [0.15, 0.2) is 5.65 Å². The van der Waals surface area contributed by atoms with Gasteiger partial charge in [-0.1, -0.05) is 19.9 Å². The first kappa shape index (κ1) is 22.4. The van der Waals surface area contributed by atoms with Gasteiger partial charge in [0.25, 0.3) is 5.92 Å². The van der Waals surface area contributed by atoms with Crippen molar-refractivity contribution < 1.29 is 13.5 Å². The Bertz CT molecular complexity index is 1460. The first-order chi connectivity index (χ1) is 17.4. The van der Waals surface area contributed by atoms with Crippen molar-refractivity contribution in [3.8, 4) is 11.3 Å². The third kappa shape index (κ3) is 3.49. The van der Waals surface area contributed by atoms with E-state index in [0.717, 1.165) is 53.7 Å². The van der Waals surface area contributed by atoms with Crippen LogP contribution in [0.1, 0.15) is 73.6 Å². The third-order valence-corrected chi connectivity index (χ3v) is 8.54. The number of aromatic amines is 1. The van der Waals surface area contributed by atoms with Crippen LogP contribution in [0.2, 0.25) is 0 Å². The Balaban J connectivity index is 1.23.